The van der Waals surface area contributed by atoms with Gasteiger partial charge >= 0.3 is 0 Å². The lowest BCUT2D eigenvalue weighted by Crippen LogP contribution is -2.45. The van der Waals surface area contributed by atoms with E-state index < -0.39 is 0 Å². The molecule has 27 heavy (non-hydrogen) atoms. The summed E-state index contributed by atoms with van der Waals surface area (Å²) in [5.74, 6) is 0.475. The van der Waals surface area contributed by atoms with Crippen molar-refractivity contribution in [2.24, 2.45) is 0 Å². The molecule has 0 radical (unpaired) electrons. The van der Waals surface area contributed by atoms with Crippen molar-refractivity contribution < 1.29 is 9.53 Å². The number of carbonyl (C=O) groups is 1. The fourth-order valence-corrected chi connectivity index (χ4v) is 3.59. The van der Waals surface area contributed by atoms with Crippen molar-refractivity contribution >= 4 is 34.9 Å². The molecule has 2 aromatic rings. The number of hydrogen-bond acceptors (Lipinski definition) is 4. The average molecular weight is 411 g/mol. The summed E-state index contributed by atoms with van der Waals surface area (Å²) in [4.78, 5) is 14.5. The van der Waals surface area contributed by atoms with E-state index in [0.717, 1.165) is 31.7 Å². The second-order valence-electron chi connectivity index (χ2n) is 6.91. The van der Waals surface area contributed by atoms with Gasteiger partial charge in [-0.05, 0) is 45.0 Å². The highest BCUT2D eigenvalue weighted by Gasteiger charge is 2.21. The van der Waals surface area contributed by atoms with Gasteiger partial charge in [0.1, 0.15) is 0 Å². The van der Waals surface area contributed by atoms with Crippen molar-refractivity contribution in [2.45, 2.75) is 38.9 Å². The first kappa shape index (κ1) is 20.1. The van der Waals surface area contributed by atoms with Gasteiger partial charge in [-0.15, -0.1) is 0 Å². The highest BCUT2D eigenvalue weighted by Crippen LogP contribution is 2.24. The minimum absolute atomic E-state index is 0.0382. The van der Waals surface area contributed by atoms with Crippen molar-refractivity contribution in [1.82, 2.24) is 14.7 Å². The Morgan fingerprint density at radius 2 is 1.96 bits per heavy atom. The Morgan fingerprint density at radius 1 is 1.22 bits per heavy atom. The normalized spacial score (nSPS) is 20.6. The number of nitrogens with one attached hydrogen (secondary N) is 1. The lowest BCUT2D eigenvalue weighted by molar-refractivity contribution is -0.116. The van der Waals surface area contributed by atoms with Crippen LogP contribution in [0.4, 0.5) is 5.82 Å². The van der Waals surface area contributed by atoms with Gasteiger partial charge in [-0.25, -0.2) is 4.68 Å². The summed E-state index contributed by atoms with van der Waals surface area (Å²) in [6.07, 6.45) is 3.52. The van der Waals surface area contributed by atoms with E-state index in [4.69, 9.17) is 27.9 Å². The molecule has 8 heteroatoms. The number of halogens is 2. The zero-order valence-electron chi connectivity index (χ0n) is 15.5. The highest BCUT2D eigenvalue weighted by atomic mass is 35.5. The maximum atomic E-state index is 12.2. The number of morpholine rings is 1. The predicted molar refractivity (Wildman–Crippen MR) is 108 cm³/mol. The molecule has 1 saturated heterocycles. The van der Waals surface area contributed by atoms with Crippen molar-refractivity contribution in [3.8, 4) is 5.69 Å². The molecule has 146 valence electrons. The largest absolute Gasteiger partial charge is 0.373 e. The Kier molecular flexibility index (Phi) is 6.76. The summed E-state index contributed by atoms with van der Waals surface area (Å²) in [7, 11) is 0. The molecule has 6 nitrogen and oxygen atoms in total. The van der Waals surface area contributed by atoms with Crippen LogP contribution in [0, 0.1) is 0 Å². The molecular formula is C19H24Cl2N4O2. The van der Waals surface area contributed by atoms with Crippen LogP contribution in [0.5, 0.6) is 0 Å². The van der Waals surface area contributed by atoms with Crippen LogP contribution in [0.15, 0.2) is 30.5 Å². The Labute approximate surface area is 169 Å². The highest BCUT2D eigenvalue weighted by molar-refractivity contribution is 6.42. The predicted octanol–water partition coefficient (Wildman–Crippen LogP) is 4.01. The van der Waals surface area contributed by atoms with Crippen molar-refractivity contribution in [1.29, 1.82) is 0 Å². The number of aromatic nitrogens is 2. The van der Waals surface area contributed by atoms with Gasteiger partial charge in [-0.3, -0.25) is 9.69 Å². The average Bonchev–Trinajstić information content (AvgIpc) is 3.05. The molecule has 1 aliphatic heterocycles. The first-order chi connectivity index (χ1) is 12.9. The standard InChI is InChI=1S/C19H24Cl2N4O2/c1-13-11-24(12-14(2)27-13)8-3-4-19(26)22-18-7-9-25(23-18)15-5-6-16(20)17(21)10-15/h5-7,9-10,13-14H,3-4,8,11-12H2,1-2H3,(H,22,23,26). The molecular weight excluding hydrogens is 387 g/mol. The second-order valence-corrected chi connectivity index (χ2v) is 7.73. The molecule has 1 aliphatic rings. The van der Waals surface area contributed by atoms with Gasteiger partial charge in [-0.1, -0.05) is 23.2 Å². The third kappa shape index (κ3) is 5.69. The molecule has 1 N–H and O–H groups in total. The summed E-state index contributed by atoms with van der Waals surface area (Å²) in [6, 6.07) is 7.02. The van der Waals surface area contributed by atoms with Crippen LogP contribution in [0.2, 0.25) is 10.0 Å². The fraction of sp³-hybridized carbons (Fsp3) is 0.474. The van der Waals surface area contributed by atoms with Gasteiger partial charge < -0.3 is 10.1 Å². The third-order valence-electron chi connectivity index (χ3n) is 4.40. The number of carbonyl (C=O) groups excluding carboxylic acids is 1. The lowest BCUT2D eigenvalue weighted by Gasteiger charge is -2.35. The number of benzene rings is 1. The van der Waals surface area contributed by atoms with Crippen molar-refractivity contribution in [3.05, 3.63) is 40.5 Å². The van der Waals surface area contributed by atoms with E-state index in [0.29, 0.717) is 22.3 Å². The Hall–Kier alpha value is -1.60. The van der Waals surface area contributed by atoms with E-state index >= 15 is 0 Å². The minimum Gasteiger partial charge on any atom is -0.373 e. The molecule has 0 spiro atoms. The third-order valence-corrected chi connectivity index (χ3v) is 5.14. The number of anilines is 1. The van der Waals surface area contributed by atoms with E-state index in [-0.39, 0.29) is 18.1 Å². The molecule has 1 fully saturated rings. The minimum atomic E-state index is -0.0382. The second kappa shape index (κ2) is 9.06. The van der Waals surface area contributed by atoms with Crippen LogP contribution in [0.3, 0.4) is 0 Å². The fourth-order valence-electron chi connectivity index (χ4n) is 3.30. The Balaban J connectivity index is 1.47. The van der Waals surface area contributed by atoms with Crippen LogP contribution in [-0.2, 0) is 9.53 Å². The van der Waals surface area contributed by atoms with E-state index in [1.54, 1.807) is 29.1 Å². The number of rotatable bonds is 6. The molecule has 1 aromatic heterocycles. The monoisotopic (exact) mass is 410 g/mol. The number of amides is 1. The Morgan fingerprint density at radius 3 is 2.67 bits per heavy atom. The maximum Gasteiger partial charge on any atom is 0.225 e. The van der Waals surface area contributed by atoms with E-state index in [1.807, 2.05) is 6.07 Å². The Bertz CT molecular complexity index is 786. The molecule has 2 heterocycles. The summed E-state index contributed by atoms with van der Waals surface area (Å²) in [5.41, 5.74) is 0.778. The first-order valence-corrected chi connectivity index (χ1v) is 9.85. The van der Waals surface area contributed by atoms with E-state index in [9.17, 15) is 4.79 Å². The van der Waals surface area contributed by atoms with Gasteiger partial charge in [0.25, 0.3) is 0 Å². The molecule has 0 bridgehead atoms. The van der Waals surface area contributed by atoms with E-state index in [2.05, 4.69) is 29.2 Å². The summed E-state index contributed by atoms with van der Waals surface area (Å²) < 4.78 is 7.38. The number of ether oxygens (including phenoxy) is 1. The zero-order valence-corrected chi connectivity index (χ0v) is 17.0. The molecule has 2 atom stereocenters. The first-order valence-electron chi connectivity index (χ1n) is 9.09. The number of hydrogen-bond donors (Lipinski definition) is 1. The van der Waals surface area contributed by atoms with Crippen LogP contribution in [0.1, 0.15) is 26.7 Å². The van der Waals surface area contributed by atoms with Crippen LogP contribution >= 0.6 is 23.2 Å². The van der Waals surface area contributed by atoms with Crippen LogP contribution < -0.4 is 5.32 Å². The molecule has 0 aliphatic carbocycles. The number of nitrogens with zero attached hydrogens (tertiary/aromatic N) is 3. The van der Waals surface area contributed by atoms with Gasteiger partial charge in [-0.2, -0.15) is 5.10 Å². The van der Waals surface area contributed by atoms with E-state index in [1.165, 1.54) is 0 Å². The smallest absolute Gasteiger partial charge is 0.225 e. The summed E-state index contributed by atoms with van der Waals surface area (Å²) in [6.45, 7) is 6.89. The van der Waals surface area contributed by atoms with Gasteiger partial charge in [0.15, 0.2) is 5.82 Å². The zero-order chi connectivity index (χ0) is 19.4. The van der Waals surface area contributed by atoms with Gasteiger partial charge in [0.2, 0.25) is 5.91 Å². The molecule has 2 unspecified atom stereocenters. The molecule has 1 amide bonds. The van der Waals surface area contributed by atoms with Gasteiger partial charge in [0, 0.05) is 31.8 Å². The van der Waals surface area contributed by atoms with Crippen molar-refractivity contribution in [2.75, 3.05) is 25.0 Å². The topological polar surface area (TPSA) is 59.4 Å². The summed E-state index contributed by atoms with van der Waals surface area (Å²) >= 11 is 12.0. The lowest BCUT2D eigenvalue weighted by atomic mass is 10.2. The van der Waals surface area contributed by atoms with Crippen molar-refractivity contribution in [3.63, 3.8) is 0 Å². The quantitative estimate of drug-likeness (QED) is 0.781. The SMILES string of the molecule is CC1CN(CCCC(=O)Nc2ccn(-c3ccc(Cl)c(Cl)c3)n2)CC(C)O1. The molecule has 1 aromatic carbocycles. The van der Waals surface area contributed by atoms with Crippen LogP contribution in [0.25, 0.3) is 5.69 Å². The molecule has 3 rings (SSSR count). The molecule has 0 saturated carbocycles. The van der Waals surface area contributed by atoms with Gasteiger partial charge in [0.05, 0.1) is 27.9 Å². The van der Waals surface area contributed by atoms with Crippen LogP contribution in [-0.4, -0.2) is 52.4 Å². The maximum absolute atomic E-state index is 12.2. The summed E-state index contributed by atoms with van der Waals surface area (Å²) in [5, 5.41) is 8.16.